The molecule has 0 nitrogen and oxygen atoms in total. The summed E-state index contributed by atoms with van der Waals surface area (Å²) < 4.78 is 0. The van der Waals surface area contributed by atoms with Crippen LogP contribution in [-0.2, 0) is 0 Å². The summed E-state index contributed by atoms with van der Waals surface area (Å²) in [4.78, 5) is 0. The van der Waals surface area contributed by atoms with Crippen LogP contribution in [-0.4, -0.2) is 0 Å². The lowest BCUT2D eigenvalue weighted by Gasteiger charge is -2.14. The Morgan fingerprint density at radius 3 is 2.07 bits per heavy atom. The van der Waals surface area contributed by atoms with E-state index >= 15 is 0 Å². The summed E-state index contributed by atoms with van der Waals surface area (Å²) in [6, 6.07) is 10.9. The minimum atomic E-state index is 0.779. The highest BCUT2D eigenvalue weighted by molar-refractivity contribution is 5.19. The van der Waals surface area contributed by atoms with Crippen LogP contribution in [0, 0.1) is 0 Å². The standard InChI is InChI=1S/C13H20.C2H6/c1-3-5-9-12(4-2)13-10-7-6-8-11-13;1-2/h6-8,10-12H,3-5,9H2,1-2H3;1-2H3. The number of unbranched alkanes of at least 4 members (excludes halogenated alkanes) is 1. The lowest BCUT2D eigenvalue weighted by molar-refractivity contribution is 0.570. The Morgan fingerprint density at radius 1 is 1.00 bits per heavy atom. The summed E-state index contributed by atoms with van der Waals surface area (Å²) in [6.45, 7) is 8.55. The van der Waals surface area contributed by atoms with Crippen molar-refractivity contribution in [1.29, 1.82) is 0 Å². The van der Waals surface area contributed by atoms with E-state index in [1.807, 2.05) is 13.8 Å². The molecule has 1 aromatic rings. The van der Waals surface area contributed by atoms with E-state index in [1.165, 1.54) is 31.2 Å². The van der Waals surface area contributed by atoms with Crippen LogP contribution in [0.2, 0.25) is 0 Å². The van der Waals surface area contributed by atoms with Gasteiger partial charge in [-0.3, -0.25) is 0 Å². The minimum absolute atomic E-state index is 0.779. The second-order valence-corrected chi connectivity index (χ2v) is 3.66. The van der Waals surface area contributed by atoms with Gasteiger partial charge >= 0.3 is 0 Å². The average Bonchev–Trinajstić information content (AvgIpc) is 2.34. The summed E-state index contributed by atoms with van der Waals surface area (Å²) >= 11 is 0. The van der Waals surface area contributed by atoms with Crippen LogP contribution in [0.25, 0.3) is 0 Å². The molecule has 1 aromatic carbocycles. The van der Waals surface area contributed by atoms with Crippen molar-refractivity contribution in [3.05, 3.63) is 35.9 Å². The molecule has 0 heteroatoms. The topological polar surface area (TPSA) is 0 Å². The molecule has 0 bridgehead atoms. The molecule has 0 aliphatic rings. The van der Waals surface area contributed by atoms with E-state index in [-0.39, 0.29) is 0 Å². The van der Waals surface area contributed by atoms with Gasteiger partial charge in [0.1, 0.15) is 0 Å². The summed E-state index contributed by atoms with van der Waals surface area (Å²) in [6.07, 6.45) is 5.28. The van der Waals surface area contributed by atoms with Gasteiger partial charge in [-0.15, -0.1) is 0 Å². The van der Waals surface area contributed by atoms with Crippen LogP contribution in [0.4, 0.5) is 0 Å². The van der Waals surface area contributed by atoms with Gasteiger partial charge in [-0.25, -0.2) is 0 Å². The molecule has 1 rings (SSSR count). The van der Waals surface area contributed by atoms with Gasteiger partial charge in [0, 0.05) is 0 Å². The molecule has 0 N–H and O–H groups in total. The van der Waals surface area contributed by atoms with Crippen molar-refractivity contribution in [2.45, 2.75) is 59.3 Å². The maximum Gasteiger partial charge on any atom is -0.0165 e. The van der Waals surface area contributed by atoms with Crippen LogP contribution in [0.3, 0.4) is 0 Å². The largest absolute Gasteiger partial charge is 0.0683 e. The lowest BCUT2D eigenvalue weighted by atomic mass is 9.91. The van der Waals surface area contributed by atoms with Crippen molar-refractivity contribution in [2.24, 2.45) is 0 Å². The first kappa shape index (κ1) is 14.2. The van der Waals surface area contributed by atoms with Gasteiger partial charge in [0.2, 0.25) is 0 Å². The predicted molar refractivity (Wildman–Crippen MR) is 70.3 cm³/mol. The molecule has 1 unspecified atom stereocenters. The Morgan fingerprint density at radius 2 is 1.60 bits per heavy atom. The van der Waals surface area contributed by atoms with Crippen molar-refractivity contribution in [2.75, 3.05) is 0 Å². The van der Waals surface area contributed by atoms with E-state index in [2.05, 4.69) is 44.2 Å². The highest BCUT2D eigenvalue weighted by atomic mass is 14.1. The zero-order chi connectivity index (χ0) is 11.5. The van der Waals surface area contributed by atoms with Crippen molar-refractivity contribution in [1.82, 2.24) is 0 Å². The van der Waals surface area contributed by atoms with Gasteiger partial charge in [0.25, 0.3) is 0 Å². The maximum atomic E-state index is 2.29. The fourth-order valence-corrected chi connectivity index (χ4v) is 1.78. The molecule has 0 radical (unpaired) electrons. The van der Waals surface area contributed by atoms with Gasteiger partial charge in [0.05, 0.1) is 0 Å². The van der Waals surface area contributed by atoms with Gasteiger partial charge in [-0.2, -0.15) is 0 Å². The van der Waals surface area contributed by atoms with E-state index in [0.717, 1.165) is 5.92 Å². The Hall–Kier alpha value is -0.780. The molecule has 0 aliphatic heterocycles. The van der Waals surface area contributed by atoms with E-state index in [4.69, 9.17) is 0 Å². The molecule has 0 saturated carbocycles. The molecule has 0 saturated heterocycles. The maximum absolute atomic E-state index is 2.29. The first-order chi connectivity index (χ1) is 7.38. The Kier molecular flexibility index (Phi) is 9.26. The normalized spacial score (nSPS) is 11.5. The molecule has 0 spiro atoms. The van der Waals surface area contributed by atoms with Crippen LogP contribution in [0.5, 0.6) is 0 Å². The fourth-order valence-electron chi connectivity index (χ4n) is 1.78. The molecule has 15 heavy (non-hydrogen) atoms. The number of hydrogen-bond donors (Lipinski definition) is 0. The van der Waals surface area contributed by atoms with E-state index < -0.39 is 0 Å². The molecule has 0 fully saturated rings. The second kappa shape index (κ2) is 9.76. The Balaban J connectivity index is 0.000000921. The highest BCUT2D eigenvalue weighted by Gasteiger charge is 2.06. The molecule has 0 heterocycles. The fraction of sp³-hybridized carbons (Fsp3) is 0.600. The monoisotopic (exact) mass is 206 g/mol. The van der Waals surface area contributed by atoms with Crippen LogP contribution in [0.15, 0.2) is 30.3 Å². The van der Waals surface area contributed by atoms with Crippen LogP contribution >= 0.6 is 0 Å². The summed E-state index contributed by atoms with van der Waals surface area (Å²) in [5.74, 6) is 0.779. The van der Waals surface area contributed by atoms with E-state index in [0.29, 0.717) is 0 Å². The van der Waals surface area contributed by atoms with E-state index in [9.17, 15) is 0 Å². The summed E-state index contributed by atoms with van der Waals surface area (Å²) in [7, 11) is 0. The van der Waals surface area contributed by atoms with Crippen molar-refractivity contribution in [3.8, 4) is 0 Å². The molecule has 1 atom stereocenters. The van der Waals surface area contributed by atoms with Gasteiger partial charge in [-0.05, 0) is 24.3 Å². The molecule has 0 amide bonds. The summed E-state index contributed by atoms with van der Waals surface area (Å²) in [5, 5.41) is 0. The smallest absolute Gasteiger partial charge is 0.0165 e. The zero-order valence-corrected chi connectivity index (χ0v) is 10.8. The van der Waals surface area contributed by atoms with Gasteiger partial charge < -0.3 is 0 Å². The van der Waals surface area contributed by atoms with Crippen LogP contribution in [0.1, 0.15) is 64.9 Å². The SMILES string of the molecule is CC.CCCCC(CC)c1ccccc1. The number of rotatable bonds is 5. The number of benzene rings is 1. The molecular weight excluding hydrogens is 180 g/mol. The third-order valence-electron chi connectivity index (χ3n) is 2.67. The zero-order valence-electron chi connectivity index (χ0n) is 10.8. The minimum Gasteiger partial charge on any atom is -0.0683 e. The average molecular weight is 206 g/mol. The molecule has 0 aromatic heterocycles. The number of hydrogen-bond acceptors (Lipinski definition) is 0. The third kappa shape index (κ3) is 5.61. The first-order valence-corrected chi connectivity index (χ1v) is 6.43. The van der Waals surface area contributed by atoms with Crippen molar-refractivity contribution >= 4 is 0 Å². The highest BCUT2D eigenvalue weighted by Crippen LogP contribution is 2.24. The summed E-state index contributed by atoms with van der Waals surface area (Å²) in [5.41, 5.74) is 1.51. The third-order valence-corrected chi connectivity index (χ3v) is 2.67. The van der Waals surface area contributed by atoms with Crippen LogP contribution < -0.4 is 0 Å². The second-order valence-electron chi connectivity index (χ2n) is 3.66. The van der Waals surface area contributed by atoms with Gasteiger partial charge in [0.15, 0.2) is 0 Å². The Labute approximate surface area is 95.7 Å². The first-order valence-electron chi connectivity index (χ1n) is 6.43. The quantitative estimate of drug-likeness (QED) is 0.605. The lowest BCUT2D eigenvalue weighted by Crippen LogP contribution is -1.96. The molecule has 86 valence electrons. The van der Waals surface area contributed by atoms with Crippen molar-refractivity contribution < 1.29 is 0 Å². The molecule has 0 aliphatic carbocycles. The van der Waals surface area contributed by atoms with Crippen molar-refractivity contribution in [3.63, 3.8) is 0 Å². The van der Waals surface area contributed by atoms with Gasteiger partial charge in [-0.1, -0.05) is 70.9 Å². The van der Waals surface area contributed by atoms with E-state index in [1.54, 1.807) is 0 Å². The Bertz CT molecular complexity index is 213. The molecular formula is C15H26. The predicted octanol–water partition coefficient (Wildman–Crippen LogP) is 5.40.